The summed E-state index contributed by atoms with van der Waals surface area (Å²) in [7, 11) is 1.62. The minimum absolute atomic E-state index is 0.224. The van der Waals surface area contributed by atoms with Gasteiger partial charge < -0.3 is 10.5 Å². The number of hydrogen-bond acceptors (Lipinski definition) is 2. The molecule has 0 aliphatic heterocycles. The number of nitrogens with two attached hydrogens (primary N) is 1. The Kier molecular flexibility index (Phi) is 4.48. The zero-order valence-corrected chi connectivity index (χ0v) is 12.8. The molecule has 0 saturated carbocycles. The van der Waals surface area contributed by atoms with E-state index in [-0.39, 0.29) is 6.04 Å². The first-order valence-electron chi connectivity index (χ1n) is 5.46. The lowest BCUT2D eigenvalue weighted by Crippen LogP contribution is -2.12. The first-order chi connectivity index (χ1) is 8.61. The topological polar surface area (TPSA) is 35.2 Å². The summed E-state index contributed by atoms with van der Waals surface area (Å²) >= 11 is 8.50. The van der Waals surface area contributed by atoms with Crippen LogP contribution in [-0.2, 0) is 0 Å². The second-order valence-electron chi connectivity index (χ2n) is 3.92. The van der Waals surface area contributed by atoms with Crippen LogP contribution in [0.3, 0.4) is 0 Å². The molecule has 0 aliphatic rings. The Balaban J connectivity index is 2.37. The van der Waals surface area contributed by atoms with Gasteiger partial charge in [-0.2, -0.15) is 0 Å². The molecule has 0 bridgehead atoms. The Morgan fingerprint density at radius 1 is 1.22 bits per heavy atom. The van der Waals surface area contributed by atoms with Crippen molar-refractivity contribution in [1.82, 2.24) is 0 Å². The van der Waals surface area contributed by atoms with Gasteiger partial charge in [0.15, 0.2) is 0 Å². The molecule has 2 rings (SSSR count). The molecule has 2 aromatic carbocycles. The maximum absolute atomic E-state index is 6.25. The highest BCUT2D eigenvalue weighted by atomic mass is 127. The highest BCUT2D eigenvalue weighted by Crippen LogP contribution is 2.30. The summed E-state index contributed by atoms with van der Waals surface area (Å²) in [5.74, 6) is 0.735. The molecule has 0 fully saturated rings. The van der Waals surface area contributed by atoms with E-state index in [4.69, 9.17) is 22.1 Å². The summed E-state index contributed by atoms with van der Waals surface area (Å²) in [6.07, 6.45) is 0. The van der Waals surface area contributed by atoms with Crippen molar-refractivity contribution >= 4 is 34.2 Å². The number of methoxy groups -OCH3 is 1. The fourth-order valence-corrected chi connectivity index (χ4v) is 2.62. The fraction of sp³-hybridized carbons (Fsp3) is 0.143. The molecule has 94 valence electrons. The lowest BCUT2D eigenvalue weighted by molar-refractivity contribution is 0.414. The van der Waals surface area contributed by atoms with E-state index in [1.54, 1.807) is 13.2 Å². The van der Waals surface area contributed by atoms with E-state index in [9.17, 15) is 0 Å². The minimum Gasteiger partial charge on any atom is -0.497 e. The van der Waals surface area contributed by atoms with Crippen LogP contribution >= 0.6 is 34.2 Å². The summed E-state index contributed by atoms with van der Waals surface area (Å²) in [6, 6.07) is 13.4. The van der Waals surface area contributed by atoms with E-state index < -0.39 is 0 Å². The average Bonchev–Trinajstić information content (AvgIpc) is 2.37. The van der Waals surface area contributed by atoms with E-state index >= 15 is 0 Å². The van der Waals surface area contributed by atoms with Crippen LogP contribution in [0, 0.1) is 3.57 Å². The maximum Gasteiger partial charge on any atom is 0.120 e. The van der Waals surface area contributed by atoms with Crippen LogP contribution in [0.1, 0.15) is 17.2 Å². The zero-order valence-electron chi connectivity index (χ0n) is 9.86. The van der Waals surface area contributed by atoms with Crippen LogP contribution in [0.15, 0.2) is 42.5 Å². The Hall–Kier alpha value is -0.780. The van der Waals surface area contributed by atoms with Crippen LogP contribution in [-0.4, -0.2) is 7.11 Å². The van der Waals surface area contributed by atoms with Crippen LogP contribution < -0.4 is 10.5 Å². The number of halogens is 2. The Labute approximate surface area is 125 Å². The third-order valence-electron chi connectivity index (χ3n) is 2.75. The predicted octanol–water partition coefficient (Wildman–Crippen LogP) is 4.00. The van der Waals surface area contributed by atoms with E-state index in [2.05, 4.69) is 28.7 Å². The van der Waals surface area contributed by atoms with Gasteiger partial charge in [-0.3, -0.25) is 0 Å². The molecule has 0 amide bonds. The highest BCUT2D eigenvalue weighted by molar-refractivity contribution is 14.1. The van der Waals surface area contributed by atoms with Crippen LogP contribution in [0.25, 0.3) is 0 Å². The van der Waals surface area contributed by atoms with E-state index in [0.717, 1.165) is 20.4 Å². The average molecular weight is 374 g/mol. The fourth-order valence-electron chi connectivity index (χ4n) is 1.77. The molecule has 1 unspecified atom stereocenters. The van der Waals surface area contributed by atoms with Gasteiger partial charge in [0.2, 0.25) is 0 Å². The van der Waals surface area contributed by atoms with Gasteiger partial charge in [0.1, 0.15) is 5.75 Å². The molecule has 18 heavy (non-hydrogen) atoms. The number of benzene rings is 2. The predicted molar refractivity (Wildman–Crippen MR) is 83.2 cm³/mol. The van der Waals surface area contributed by atoms with Crippen molar-refractivity contribution in [2.75, 3.05) is 7.11 Å². The van der Waals surface area contributed by atoms with Gasteiger partial charge in [0.25, 0.3) is 0 Å². The first kappa shape index (κ1) is 13.6. The van der Waals surface area contributed by atoms with Crippen molar-refractivity contribution in [3.63, 3.8) is 0 Å². The molecule has 0 aliphatic carbocycles. The van der Waals surface area contributed by atoms with Gasteiger partial charge >= 0.3 is 0 Å². The Bertz CT molecular complexity index is 559. The molecule has 0 aromatic heterocycles. The van der Waals surface area contributed by atoms with E-state index in [1.165, 1.54) is 0 Å². The standard InChI is InChI=1S/C14H13ClINO/c1-18-11-5-6-12(13(15)8-11)14(17)9-3-2-4-10(16)7-9/h2-8,14H,17H2,1H3. The minimum atomic E-state index is -0.224. The van der Waals surface area contributed by atoms with Gasteiger partial charge in [0, 0.05) is 8.59 Å². The lowest BCUT2D eigenvalue weighted by atomic mass is 9.99. The first-order valence-corrected chi connectivity index (χ1v) is 6.92. The summed E-state index contributed by atoms with van der Waals surface area (Å²) in [5.41, 5.74) is 8.20. The van der Waals surface area contributed by atoms with Gasteiger partial charge in [-0.05, 0) is 58.0 Å². The molecular weight excluding hydrogens is 361 g/mol. The molecule has 0 saturated heterocycles. The molecule has 1 atom stereocenters. The largest absolute Gasteiger partial charge is 0.497 e. The van der Waals surface area contributed by atoms with Crippen molar-refractivity contribution < 1.29 is 4.74 Å². The molecule has 2 N–H and O–H groups in total. The SMILES string of the molecule is COc1ccc(C(N)c2cccc(I)c2)c(Cl)c1. The van der Waals surface area contributed by atoms with Gasteiger partial charge in [-0.15, -0.1) is 0 Å². The van der Waals surface area contributed by atoms with Crippen LogP contribution in [0.5, 0.6) is 5.75 Å². The maximum atomic E-state index is 6.25. The van der Waals surface area contributed by atoms with E-state index in [1.807, 2.05) is 30.3 Å². The van der Waals surface area contributed by atoms with Crippen LogP contribution in [0.4, 0.5) is 0 Å². The second kappa shape index (κ2) is 5.91. The molecule has 0 spiro atoms. The molecule has 0 heterocycles. The summed E-state index contributed by atoms with van der Waals surface area (Å²) < 4.78 is 6.29. The van der Waals surface area contributed by atoms with Gasteiger partial charge in [-0.25, -0.2) is 0 Å². The third kappa shape index (κ3) is 2.96. The monoisotopic (exact) mass is 373 g/mol. The van der Waals surface area contributed by atoms with Crippen molar-refractivity contribution in [3.8, 4) is 5.75 Å². The second-order valence-corrected chi connectivity index (χ2v) is 5.57. The molecular formula is C14H13ClINO. The summed E-state index contributed by atoms with van der Waals surface area (Å²) in [5, 5.41) is 0.626. The molecule has 4 heteroatoms. The van der Waals surface area contributed by atoms with Crippen molar-refractivity contribution in [2.24, 2.45) is 5.73 Å². The van der Waals surface area contributed by atoms with Crippen molar-refractivity contribution in [1.29, 1.82) is 0 Å². The molecule has 2 nitrogen and oxygen atoms in total. The lowest BCUT2D eigenvalue weighted by Gasteiger charge is -2.15. The van der Waals surface area contributed by atoms with Crippen molar-refractivity contribution in [2.45, 2.75) is 6.04 Å². The summed E-state index contributed by atoms with van der Waals surface area (Å²) in [4.78, 5) is 0. The Morgan fingerprint density at radius 3 is 2.61 bits per heavy atom. The van der Waals surface area contributed by atoms with Gasteiger partial charge in [0.05, 0.1) is 13.2 Å². The van der Waals surface area contributed by atoms with Crippen molar-refractivity contribution in [3.05, 3.63) is 62.2 Å². The molecule has 0 radical (unpaired) electrons. The smallest absolute Gasteiger partial charge is 0.120 e. The van der Waals surface area contributed by atoms with Gasteiger partial charge in [-0.1, -0.05) is 29.8 Å². The van der Waals surface area contributed by atoms with E-state index in [0.29, 0.717) is 5.02 Å². The number of hydrogen-bond donors (Lipinski definition) is 1. The zero-order chi connectivity index (χ0) is 13.1. The summed E-state index contributed by atoms with van der Waals surface area (Å²) in [6.45, 7) is 0. The number of rotatable bonds is 3. The highest BCUT2D eigenvalue weighted by Gasteiger charge is 2.13. The third-order valence-corrected chi connectivity index (χ3v) is 3.75. The normalized spacial score (nSPS) is 12.2. The number of ether oxygens (including phenoxy) is 1. The van der Waals surface area contributed by atoms with Crippen LogP contribution in [0.2, 0.25) is 5.02 Å². The quantitative estimate of drug-likeness (QED) is 0.825. The molecule has 2 aromatic rings. The Morgan fingerprint density at radius 2 is 2.00 bits per heavy atom.